The summed E-state index contributed by atoms with van der Waals surface area (Å²) in [6.45, 7) is 0. The zero-order valence-electron chi connectivity index (χ0n) is 5.80. The highest BCUT2D eigenvalue weighted by atomic mass is 19.4. The smallest absolute Gasteiger partial charge is 0.298 e. The van der Waals surface area contributed by atoms with Gasteiger partial charge in [-0.25, -0.2) is 0 Å². The van der Waals surface area contributed by atoms with Gasteiger partial charge in [0.25, 0.3) is 0 Å². The summed E-state index contributed by atoms with van der Waals surface area (Å²) >= 11 is 0. The van der Waals surface area contributed by atoms with Crippen LogP contribution in [0, 0.1) is 0 Å². The molecule has 5 heteroatoms. The first kappa shape index (κ1) is 8.70. The molecule has 0 saturated heterocycles. The minimum Gasteiger partial charge on any atom is -0.298 e. The van der Waals surface area contributed by atoms with Crippen molar-refractivity contribution >= 4 is 6.29 Å². The molecule has 1 aromatic heterocycles. The van der Waals surface area contributed by atoms with E-state index in [1.165, 1.54) is 0 Å². The van der Waals surface area contributed by atoms with Gasteiger partial charge in [-0.15, -0.1) is 0 Å². The van der Waals surface area contributed by atoms with Crippen molar-refractivity contribution in [2.75, 3.05) is 0 Å². The van der Waals surface area contributed by atoms with Crippen LogP contribution in [0.4, 0.5) is 13.2 Å². The number of pyridine rings is 1. The molecule has 64 valence electrons. The van der Waals surface area contributed by atoms with Crippen LogP contribution in [-0.2, 0) is 6.18 Å². The number of carbonyl (C=O) groups is 1. The second kappa shape index (κ2) is 2.92. The van der Waals surface area contributed by atoms with Gasteiger partial charge in [0.1, 0.15) is 0 Å². The maximum absolute atomic E-state index is 12.0. The quantitative estimate of drug-likeness (QED) is 0.610. The number of aromatic nitrogens is 1. The normalized spacial score (nSPS) is 11.2. The highest BCUT2D eigenvalue weighted by molar-refractivity contribution is 5.77. The van der Waals surface area contributed by atoms with Crippen molar-refractivity contribution < 1.29 is 18.0 Å². The van der Waals surface area contributed by atoms with Gasteiger partial charge in [-0.1, -0.05) is 0 Å². The molecule has 0 radical (unpaired) electrons. The van der Waals surface area contributed by atoms with Crippen molar-refractivity contribution in [2.24, 2.45) is 0 Å². The molecule has 0 aliphatic rings. The lowest BCUT2D eigenvalue weighted by Crippen LogP contribution is -2.08. The zero-order chi connectivity index (χ0) is 9.19. The van der Waals surface area contributed by atoms with Crippen LogP contribution < -0.4 is 0 Å². The number of aldehydes is 1. The maximum Gasteiger partial charge on any atom is 0.418 e. The molecule has 0 aliphatic heterocycles. The fourth-order valence-corrected chi connectivity index (χ4v) is 0.745. The molecule has 2 nitrogen and oxygen atoms in total. The molecular formula is C7H4F3NO. The first-order valence-corrected chi connectivity index (χ1v) is 3.02. The van der Waals surface area contributed by atoms with Crippen LogP contribution in [0.1, 0.15) is 15.9 Å². The highest BCUT2D eigenvalue weighted by Gasteiger charge is 2.33. The Morgan fingerprint density at radius 2 is 2.08 bits per heavy atom. The topological polar surface area (TPSA) is 30.0 Å². The fourth-order valence-electron chi connectivity index (χ4n) is 0.745. The van der Waals surface area contributed by atoms with E-state index in [1.54, 1.807) is 0 Å². The first-order valence-electron chi connectivity index (χ1n) is 3.02. The Labute approximate surface area is 66.0 Å². The van der Waals surface area contributed by atoms with Crippen LogP contribution in [0.3, 0.4) is 0 Å². The molecule has 12 heavy (non-hydrogen) atoms. The number of alkyl halides is 3. The summed E-state index contributed by atoms with van der Waals surface area (Å²) in [5.74, 6) is 0. The minimum atomic E-state index is -4.51. The second-order valence-electron chi connectivity index (χ2n) is 2.08. The largest absolute Gasteiger partial charge is 0.418 e. The third-order valence-electron chi connectivity index (χ3n) is 1.29. The average Bonchev–Trinajstić information content (AvgIpc) is 2.03. The van der Waals surface area contributed by atoms with Crippen LogP contribution in [-0.4, -0.2) is 11.3 Å². The van der Waals surface area contributed by atoms with Crippen molar-refractivity contribution in [1.29, 1.82) is 0 Å². The van der Waals surface area contributed by atoms with Crippen LogP contribution in [0.15, 0.2) is 18.5 Å². The molecule has 0 bridgehead atoms. The summed E-state index contributed by atoms with van der Waals surface area (Å²) in [5, 5.41) is 0. The third kappa shape index (κ3) is 1.61. The molecule has 0 amide bonds. The van der Waals surface area contributed by atoms with Gasteiger partial charge in [-0.05, 0) is 6.07 Å². The molecule has 0 saturated carbocycles. The SMILES string of the molecule is O=Cc1ccncc1C(F)(F)F. The summed E-state index contributed by atoms with van der Waals surface area (Å²) in [7, 11) is 0. The van der Waals surface area contributed by atoms with E-state index in [4.69, 9.17) is 0 Å². The third-order valence-corrected chi connectivity index (χ3v) is 1.29. The van der Waals surface area contributed by atoms with Gasteiger partial charge in [-0.2, -0.15) is 13.2 Å². The molecule has 0 unspecified atom stereocenters. The number of carbonyl (C=O) groups excluding carboxylic acids is 1. The molecule has 0 spiro atoms. The van der Waals surface area contributed by atoms with Crippen LogP contribution in [0.5, 0.6) is 0 Å². The van der Waals surface area contributed by atoms with Crippen LogP contribution in [0.25, 0.3) is 0 Å². The Hall–Kier alpha value is -1.39. The number of rotatable bonds is 1. The van der Waals surface area contributed by atoms with Crippen LogP contribution >= 0.6 is 0 Å². The zero-order valence-corrected chi connectivity index (χ0v) is 5.80. The first-order chi connectivity index (χ1) is 5.55. The number of hydrogen-bond acceptors (Lipinski definition) is 2. The fraction of sp³-hybridized carbons (Fsp3) is 0.143. The van der Waals surface area contributed by atoms with Gasteiger partial charge < -0.3 is 0 Å². The predicted octanol–water partition coefficient (Wildman–Crippen LogP) is 1.91. The van der Waals surface area contributed by atoms with E-state index in [-0.39, 0.29) is 6.29 Å². The molecule has 1 heterocycles. The molecule has 1 aromatic rings. The highest BCUT2D eigenvalue weighted by Crippen LogP contribution is 2.30. The van der Waals surface area contributed by atoms with Crippen molar-refractivity contribution in [3.63, 3.8) is 0 Å². The van der Waals surface area contributed by atoms with E-state index in [0.29, 0.717) is 6.20 Å². The van der Waals surface area contributed by atoms with E-state index < -0.39 is 17.3 Å². The summed E-state index contributed by atoms with van der Waals surface area (Å²) in [6.07, 6.45) is -2.59. The van der Waals surface area contributed by atoms with Gasteiger partial charge in [0.2, 0.25) is 0 Å². The van der Waals surface area contributed by atoms with Crippen molar-refractivity contribution in [3.05, 3.63) is 29.6 Å². The van der Waals surface area contributed by atoms with Crippen LogP contribution in [0.2, 0.25) is 0 Å². The maximum atomic E-state index is 12.0. The monoisotopic (exact) mass is 175 g/mol. The number of hydrogen-bond donors (Lipinski definition) is 0. The van der Waals surface area contributed by atoms with E-state index in [0.717, 1.165) is 12.3 Å². The molecule has 1 rings (SSSR count). The lowest BCUT2D eigenvalue weighted by atomic mass is 10.1. The second-order valence-corrected chi connectivity index (χ2v) is 2.08. The van der Waals surface area contributed by atoms with Crippen molar-refractivity contribution in [3.8, 4) is 0 Å². The standard InChI is InChI=1S/C7H4F3NO/c8-7(9,10)6-3-11-2-1-5(6)4-12/h1-4H. The lowest BCUT2D eigenvalue weighted by Gasteiger charge is -2.06. The molecule has 0 atom stereocenters. The van der Waals surface area contributed by atoms with E-state index in [1.807, 2.05) is 0 Å². The van der Waals surface area contributed by atoms with Gasteiger partial charge in [0.15, 0.2) is 6.29 Å². The predicted molar refractivity (Wildman–Crippen MR) is 34.6 cm³/mol. The molecule has 0 aliphatic carbocycles. The summed E-state index contributed by atoms with van der Waals surface area (Å²) in [5.41, 5.74) is -1.39. The Kier molecular flexibility index (Phi) is 2.12. The molecule has 0 aromatic carbocycles. The lowest BCUT2D eigenvalue weighted by molar-refractivity contribution is -0.138. The average molecular weight is 175 g/mol. The van der Waals surface area contributed by atoms with Crippen molar-refractivity contribution in [2.45, 2.75) is 6.18 Å². The molecule has 0 fully saturated rings. The Balaban J connectivity index is 3.23. The van der Waals surface area contributed by atoms with Gasteiger partial charge in [0, 0.05) is 18.0 Å². The van der Waals surface area contributed by atoms with E-state index in [9.17, 15) is 18.0 Å². The number of nitrogens with zero attached hydrogens (tertiary/aromatic N) is 1. The van der Waals surface area contributed by atoms with Crippen molar-refractivity contribution in [1.82, 2.24) is 4.98 Å². The Morgan fingerprint density at radius 1 is 1.42 bits per heavy atom. The van der Waals surface area contributed by atoms with E-state index >= 15 is 0 Å². The summed E-state index contributed by atoms with van der Waals surface area (Å²) in [4.78, 5) is 13.4. The molecule has 0 N–H and O–H groups in total. The van der Waals surface area contributed by atoms with Gasteiger partial charge in [0.05, 0.1) is 5.56 Å². The summed E-state index contributed by atoms with van der Waals surface area (Å²) < 4.78 is 36.1. The molecular weight excluding hydrogens is 171 g/mol. The Bertz CT molecular complexity index is 295. The van der Waals surface area contributed by atoms with E-state index in [2.05, 4.69) is 4.98 Å². The summed E-state index contributed by atoms with van der Waals surface area (Å²) in [6, 6.07) is 1.02. The minimum absolute atomic E-state index is 0.157. The van der Waals surface area contributed by atoms with Gasteiger partial charge >= 0.3 is 6.18 Å². The van der Waals surface area contributed by atoms with Gasteiger partial charge in [-0.3, -0.25) is 9.78 Å². The Morgan fingerprint density at radius 3 is 2.50 bits per heavy atom. The number of halogens is 3.